The number of aromatic hydroxyl groups is 4. The third kappa shape index (κ3) is 8.56. The van der Waals surface area contributed by atoms with Gasteiger partial charge in [-0.3, -0.25) is 9.59 Å². The van der Waals surface area contributed by atoms with Gasteiger partial charge in [-0.2, -0.15) is 0 Å². The lowest BCUT2D eigenvalue weighted by Gasteiger charge is -2.39. The van der Waals surface area contributed by atoms with Gasteiger partial charge < -0.3 is 44.8 Å². The maximum atomic E-state index is 13.0. The number of hydrogen-bond donors (Lipinski definition) is 6. The lowest BCUT2D eigenvalue weighted by Crippen LogP contribution is -2.56. The van der Waals surface area contributed by atoms with E-state index in [9.17, 15) is 40.2 Å². The Bertz CT molecular complexity index is 1150. The Labute approximate surface area is 232 Å². The zero-order valence-electron chi connectivity index (χ0n) is 22.6. The van der Waals surface area contributed by atoms with Crippen molar-refractivity contribution in [2.45, 2.75) is 83.1 Å². The molecule has 0 bridgehead atoms. The minimum absolute atomic E-state index is 0.0569. The van der Waals surface area contributed by atoms with Gasteiger partial charge in [0, 0.05) is 12.8 Å². The zero-order chi connectivity index (χ0) is 29.4. The van der Waals surface area contributed by atoms with Crippen LogP contribution in [-0.4, -0.2) is 79.7 Å². The Kier molecular flexibility index (Phi) is 11.1. The molecule has 0 aromatic heterocycles. The summed E-state index contributed by atoms with van der Waals surface area (Å²) in [5, 5.41) is 59.3. The van der Waals surface area contributed by atoms with Crippen LogP contribution < -0.4 is 0 Å². The lowest BCUT2D eigenvalue weighted by atomic mass is 9.99. The van der Waals surface area contributed by atoms with Crippen LogP contribution in [0, 0.1) is 5.92 Å². The second-order valence-electron chi connectivity index (χ2n) is 10.2. The van der Waals surface area contributed by atoms with E-state index >= 15 is 0 Å². The van der Waals surface area contributed by atoms with Gasteiger partial charge in [-0.1, -0.05) is 26.0 Å². The van der Waals surface area contributed by atoms with Gasteiger partial charge >= 0.3 is 5.97 Å². The number of phenols is 4. The molecular formula is C29H38O11. The van der Waals surface area contributed by atoms with Crippen LogP contribution in [0.3, 0.4) is 0 Å². The van der Waals surface area contributed by atoms with Crippen molar-refractivity contribution in [2.75, 3.05) is 6.61 Å². The molecule has 6 unspecified atom stereocenters. The molecule has 0 aliphatic carbocycles. The van der Waals surface area contributed by atoms with Crippen molar-refractivity contribution < 1.29 is 54.4 Å². The van der Waals surface area contributed by atoms with Crippen LogP contribution in [0.25, 0.3) is 0 Å². The number of benzene rings is 2. The highest BCUT2D eigenvalue weighted by Crippen LogP contribution is 2.29. The summed E-state index contributed by atoms with van der Waals surface area (Å²) in [7, 11) is 0. The highest BCUT2D eigenvalue weighted by molar-refractivity contribution is 5.79. The van der Waals surface area contributed by atoms with Crippen molar-refractivity contribution in [3.8, 4) is 23.0 Å². The highest BCUT2D eigenvalue weighted by atomic mass is 16.7. The van der Waals surface area contributed by atoms with E-state index in [2.05, 4.69) is 0 Å². The molecule has 1 aliphatic rings. The van der Waals surface area contributed by atoms with Crippen molar-refractivity contribution in [1.82, 2.24) is 0 Å². The van der Waals surface area contributed by atoms with E-state index in [-0.39, 0.29) is 54.7 Å². The van der Waals surface area contributed by atoms with Crippen LogP contribution in [0.5, 0.6) is 23.0 Å². The average Bonchev–Trinajstić information content (AvgIpc) is 2.93. The number of esters is 1. The monoisotopic (exact) mass is 562 g/mol. The summed E-state index contributed by atoms with van der Waals surface area (Å²) >= 11 is 0. The summed E-state index contributed by atoms with van der Waals surface area (Å²) in [6.07, 6.45) is -4.57. The van der Waals surface area contributed by atoms with Gasteiger partial charge in [0.25, 0.3) is 0 Å². The quantitative estimate of drug-likeness (QED) is 0.156. The van der Waals surface area contributed by atoms with Crippen LogP contribution in [0.4, 0.5) is 0 Å². The highest BCUT2D eigenvalue weighted by Gasteiger charge is 2.43. The largest absolute Gasteiger partial charge is 0.504 e. The predicted molar refractivity (Wildman–Crippen MR) is 142 cm³/mol. The fraction of sp³-hybridized carbons (Fsp3) is 0.517. The van der Waals surface area contributed by atoms with Crippen LogP contribution in [0.1, 0.15) is 50.7 Å². The van der Waals surface area contributed by atoms with Gasteiger partial charge in [0.1, 0.15) is 18.0 Å². The van der Waals surface area contributed by atoms with Crippen molar-refractivity contribution >= 4 is 11.8 Å². The minimum atomic E-state index is -1.46. The molecule has 6 atom stereocenters. The topological polar surface area (TPSA) is 183 Å². The first-order valence-electron chi connectivity index (χ1n) is 13.4. The molecule has 0 spiro atoms. The molecule has 1 aliphatic heterocycles. The van der Waals surface area contributed by atoms with Gasteiger partial charge in [-0.05, 0) is 61.1 Å². The predicted octanol–water partition coefficient (Wildman–Crippen LogP) is 2.45. The Morgan fingerprint density at radius 1 is 0.950 bits per heavy atom. The molecule has 6 N–H and O–H groups in total. The van der Waals surface area contributed by atoms with Crippen molar-refractivity contribution in [1.29, 1.82) is 0 Å². The number of phenolic OH excluding ortho intramolecular Hbond substituents is 4. The second kappa shape index (κ2) is 14.3. The Balaban J connectivity index is 1.73. The van der Waals surface area contributed by atoms with E-state index in [4.69, 9.17) is 14.2 Å². The number of ketones is 1. The van der Waals surface area contributed by atoms with Crippen LogP contribution >= 0.6 is 0 Å². The molecule has 40 heavy (non-hydrogen) atoms. The number of aryl methyl sites for hydroxylation is 2. The third-order valence-electron chi connectivity index (χ3n) is 7.01. The number of carbonyl (C=O) groups excluding carboxylic acids is 2. The smallest absolute Gasteiger partial charge is 0.309 e. The van der Waals surface area contributed by atoms with Crippen molar-refractivity contribution in [2.24, 2.45) is 5.92 Å². The normalized spacial score (nSPS) is 22.4. The number of rotatable bonds is 13. The van der Waals surface area contributed by atoms with Gasteiger partial charge in [-0.25, -0.2) is 0 Å². The summed E-state index contributed by atoms with van der Waals surface area (Å²) in [5.74, 6) is -2.29. The Hall–Kier alpha value is -3.38. The summed E-state index contributed by atoms with van der Waals surface area (Å²) < 4.78 is 17.2. The summed E-state index contributed by atoms with van der Waals surface area (Å²) in [5.41, 5.74) is 1.33. The van der Waals surface area contributed by atoms with E-state index in [1.165, 1.54) is 24.3 Å². The minimum Gasteiger partial charge on any atom is -0.504 e. The van der Waals surface area contributed by atoms with Crippen LogP contribution in [-0.2, 0) is 36.6 Å². The first kappa shape index (κ1) is 31.2. The summed E-state index contributed by atoms with van der Waals surface area (Å²) in [6, 6.07) is 8.71. The number of hydrogen-bond acceptors (Lipinski definition) is 11. The number of aliphatic hydroxyl groups is 2. The maximum absolute atomic E-state index is 13.0. The number of ether oxygens (including phenoxy) is 3. The first-order valence-corrected chi connectivity index (χ1v) is 13.4. The van der Waals surface area contributed by atoms with Crippen molar-refractivity contribution in [3.05, 3.63) is 47.5 Å². The Morgan fingerprint density at radius 2 is 1.55 bits per heavy atom. The molecule has 2 aromatic rings. The second-order valence-corrected chi connectivity index (χ2v) is 10.2. The number of aliphatic hydroxyl groups excluding tert-OH is 2. The first-order chi connectivity index (χ1) is 19.0. The Morgan fingerprint density at radius 3 is 2.12 bits per heavy atom. The molecule has 0 amide bonds. The molecule has 11 heteroatoms. The van der Waals surface area contributed by atoms with Gasteiger partial charge in [-0.15, -0.1) is 0 Å². The molecule has 0 radical (unpaired) electrons. The standard InChI is InChI=1S/C29H38O11/c1-3-16(2)28(37)40-27-26(36)25(35)15-38-29(27)39-20(9-5-18-7-11-22(32)24(34)13-18)14-19(30)8-4-17-6-10-21(31)23(33)12-17/h6-7,10-13,16,20,25-27,29,31-36H,3-5,8-9,14-15H2,1-2H3. The van der Waals surface area contributed by atoms with Crippen molar-refractivity contribution in [3.63, 3.8) is 0 Å². The molecule has 2 aromatic carbocycles. The summed E-state index contributed by atoms with van der Waals surface area (Å²) in [4.78, 5) is 25.4. The summed E-state index contributed by atoms with van der Waals surface area (Å²) in [6.45, 7) is 3.22. The zero-order valence-corrected chi connectivity index (χ0v) is 22.6. The van der Waals surface area contributed by atoms with E-state index in [1.807, 2.05) is 6.92 Å². The maximum Gasteiger partial charge on any atom is 0.309 e. The lowest BCUT2D eigenvalue weighted by molar-refractivity contribution is -0.288. The molecule has 11 nitrogen and oxygen atoms in total. The van der Waals surface area contributed by atoms with E-state index in [0.717, 1.165) is 0 Å². The average molecular weight is 563 g/mol. The fourth-order valence-electron chi connectivity index (χ4n) is 4.25. The molecule has 1 fully saturated rings. The fourth-order valence-corrected chi connectivity index (χ4v) is 4.25. The number of Topliss-reactive ketones (excluding diaryl/α,β-unsaturated/α-hetero) is 1. The molecule has 1 heterocycles. The van der Waals surface area contributed by atoms with Crippen LogP contribution in [0.15, 0.2) is 36.4 Å². The van der Waals surface area contributed by atoms with Crippen LogP contribution in [0.2, 0.25) is 0 Å². The van der Waals surface area contributed by atoms with Gasteiger partial charge in [0.05, 0.1) is 18.6 Å². The SMILES string of the molecule is CCC(C)C(=O)OC1C(OC(CCc2ccc(O)c(O)c2)CC(=O)CCc2ccc(O)c(O)c2)OCC(O)C1O. The third-order valence-corrected chi connectivity index (χ3v) is 7.01. The van der Waals surface area contributed by atoms with Gasteiger partial charge in [0.2, 0.25) is 0 Å². The van der Waals surface area contributed by atoms with E-state index in [0.29, 0.717) is 30.4 Å². The van der Waals surface area contributed by atoms with E-state index < -0.39 is 42.6 Å². The number of carbonyl (C=O) groups is 2. The van der Waals surface area contributed by atoms with E-state index in [1.54, 1.807) is 19.1 Å². The molecule has 0 saturated carbocycles. The molecular weight excluding hydrogens is 524 g/mol. The molecule has 3 rings (SSSR count). The van der Waals surface area contributed by atoms with Gasteiger partial charge in [0.15, 0.2) is 35.4 Å². The molecule has 1 saturated heterocycles. The molecule has 220 valence electrons.